The third kappa shape index (κ3) is 4.93. The van der Waals surface area contributed by atoms with Crippen LogP contribution in [0, 0.1) is 22.3 Å². The monoisotopic (exact) mass is 556 g/mol. The molecule has 3 fully saturated rings. The lowest BCUT2D eigenvalue weighted by molar-refractivity contribution is -0.158. The molecule has 7 rings (SSSR count). The van der Waals surface area contributed by atoms with E-state index in [4.69, 9.17) is 10.00 Å². The number of amides is 2. The molecule has 2 bridgehead atoms. The lowest BCUT2D eigenvalue weighted by Crippen LogP contribution is -2.50. The number of aromatic nitrogens is 3. The molecule has 3 heterocycles. The normalized spacial score (nSPS) is 23.6. The van der Waals surface area contributed by atoms with Gasteiger partial charge in [-0.25, -0.2) is 9.50 Å². The van der Waals surface area contributed by atoms with E-state index in [1.807, 2.05) is 6.07 Å². The number of benzene rings is 1. The first-order chi connectivity index (χ1) is 19.8. The van der Waals surface area contributed by atoms with E-state index < -0.39 is 17.3 Å². The average Bonchev–Trinajstić information content (AvgIpc) is 3.48. The summed E-state index contributed by atoms with van der Waals surface area (Å²) >= 11 is 0. The molecule has 1 aromatic carbocycles. The summed E-state index contributed by atoms with van der Waals surface area (Å²) in [5, 5.41) is 31.5. The summed E-state index contributed by atoms with van der Waals surface area (Å²) in [5.74, 6) is -0.539. The molecule has 3 saturated carbocycles. The first-order valence-electron chi connectivity index (χ1n) is 13.4. The maximum absolute atomic E-state index is 13.3. The summed E-state index contributed by atoms with van der Waals surface area (Å²) < 4.78 is 6.98. The van der Waals surface area contributed by atoms with Crippen LogP contribution in [0.5, 0.6) is 5.75 Å². The molecule has 2 aromatic heterocycles. The van der Waals surface area contributed by atoms with Crippen molar-refractivity contribution in [2.75, 3.05) is 18.5 Å². The molecule has 0 spiro atoms. The van der Waals surface area contributed by atoms with Crippen LogP contribution in [0.25, 0.3) is 5.65 Å². The van der Waals surface area contributed by atoms with Gasteiger partial charge in [-0.3, -0.25) is 14.4 Å². The highest BCUT2D eigenvalue weighted by Crippen LogP contribution is 2.56. The number of carbonyl (C=O) groups excluding carboxylic acids is 2. The highest BCUT2D eigenvalue weighted by molar-refractivity contribution is 6.00. The molecule has 0 saturated heterocycles. The van der Waals surface area contributed by atoms with Crippen molar-refractivity contribution in [2.24, 2.45) is 15.8 Å². The summed E-state index contributed by atoms with van der Waals surface area (Å²) in [4.78, 5) is 46.2. The molecular weight excluding hydrogens is 528 g/mol. The van der Waals surface area contributed by atoms with Gasteiger partial charge in [-0.05, 0) is 61.6 Å². The third-order valence-electron chi connectivity index (χ3n) is 8.63. The van der Waals surface area contributed by atoms with Crippen LogP contribution >= 0.6 is 0 Å². The standard InChI is InChI=1S/C28H28N8O5/c29-16-32-22-14-41-21-2-1-17(11-18(21)34-22)13-30-24(37)19-12-20(36-23(35-19)3-10-33-36)25(38)31-15-27-4-7-28(8-5-27,9-6-27)26(39)40/h1-3,10-12H,4-9,13-15H2,(H,30,37)(H,31,38)(H,32,34)(H,39,40). The van der Waals surface area contributed by atoms with Crippen molar-refractivity contribution in [2.45, 2.75) is 45.1 Å². The van der Waals surface area contributed by atoms with Crippen molar-refractivity contribution >= 4 is 35.0 Å². The van der Waals surface area contributed by atoms with Crippen LogP contribution in [0.15, 0.2) is 41.5 Å². The van der Waals surface area contributed by atoms with E-state index in [9.17, 15) is 19.5 Å². The van der Waals surface area contributed by atoms with Gasteiger partial charge in [-0.1, -0.05) is 6.07 Å². The number of carbonyl (C=O) groups is 3. The number of hydrogen-bond donors (Lipinski definition) is 4. The topological polar surface area (TPSA) is 183 Å². The van der Waals surface area contributed by atoms with Crippen LogP contribution in [0.3, 0.4) is 0 Å². The number of nitriles is 1. The number of amidine groups is 1. The fourth-order valence-electron chi connectivity index (χ4n) is 6.04. The SMILES string of the molecule is N#C/N=C1\COc2ccc(CNC(=O)c3cc(C(=O)NCC45CCC(C(=O)O)(CC4)CC5)n4nccc4n3)cc2N1. The zero-order valence-corrected chi connectivity index (χ0v) is 22.1. The van der Waals surface area contributed by atoms with Gasteiger partial charge < -0.3 is 25.8 Å². The average molecular weight is 557 g/mol. The lowest BCUT2D eigenvalue weighted by Gasteiger charge is -2.51. The second-order valence-corrected chi connectivity index (χ2v) is 11.0. The first-order valence-corrected chi connectivity index (χ1v) is 13.4. The number of rotatable bonds is 7. The number of hydrogen-bond acceptors (Lipinski definition) is 8. The maximum Gasteiger partial charge on any atom is 0.309 e. The van der Waals surface area contributed by atoms with E-state index in [2.05, 4.69) is 31.0 Å². The van der Waals surface area contributed by atoms with Gasteiger partial charge in [0.2, 0.25) is 6.19 Å². The number of carboxylic acid groups (broad SMARTS) is 1. The molecule has 2 amide bonds. The number of aliphatic imine (C=N–C) groups is 1. The predicted octanol–water partition coefficient (Wildman–Crippen LogP) is 2.50. The number of ether oxygens (including phenoxy) is 1. The van der Waals surface area contributed by atoms with Crippen LogP contribution in [-0.2, 0) is 11.3 Å². The summed E-state index contributed by atoms with van der Waals surface area (Å²) in [6, 6.07) is 8.43. The molecule has 0 atom stereocenters. The van der Waals surface area contributed by atoms with E-state index in [1.165, 1.54) is 16.8 Å². The van der Waals surface area contributed by atoms with Gasteiger partial charge in [0, 0.05) is 25.2 Å². The van der Waals surface area contributed by atoms with E-state index in [0.29, 0.717) is 48.7 Å². The van der Waals surface area contributed by atoms with E-state index >= 15 is 0 Å². The summed E-state index contributed by atoms with van der Waals surface area (Å²) in [7, 11) is 0. The highest BCUT2D eigenvalue weighted by Gasteiger charge is 2.52. The van der Waals surface area contributed by atoms with Gasteiger partial charge >= 0.3 is 5.97 Å². The van der Waals surface area contributed by atoms with Gasteiger partial charge in [-0.15, -0.1) is 0 Å². The van der Waals surface area contributed by atoms with Gasteiger partial charge in [0.1, 0.15) is 23.7 Å². The number of nitrogens with zero attached hydrogens (tertiary/aromatic N) is 5. The fourth-order valence-corrected chi connectivity index (χ4v) is 6.04. The van der Waals surface area contributed by atoms with Gasteiger partial charge in [0.05, 0.1) is 17.3 Å². The Morgan fingerprint density at radius 2 is 1.88 bits per heavy atom. The smallest absolute Gasteiger partial charge is 0.309 e. The molecule has 41 heavy (non-hydrogen) atoms. The number of fused-ring (bicyclic) bond motifs is 5. The van der Waals surface area contributed by atoms with Crippen molar-refractivity contribution in [1.29, 1.82) is 5.26 Å². The molecule has 4 N–H and O–H groups in total. The Hall–Kier alpha value is -4.99. The summed E-state index contributed by atoms with van der Waals surface area (Å²) in [6.45, 7) is 0.791. The molecule has 210 valence electrons. The molecule has 0 unspecified atom stereocenters. The summed E-state index contributed by atoms with van der Waals surface area (Å²) in [5.41, 5.74) is 1.32. The molecule has 4 aliphatic rings. The van der Waals surface area contributed by atoms with Crippen molar-refractivity contribution in [3.8, 4) is 11.9 Å². The minimum absolute atomic E-state index is 0.0748. The number of carboxylic acids is 1. The molecule has 1 aliphatic heterocycles. The van der Waals surface area contributed by atoms with Crippen LogP contribution in [0.2, 0.25) is 0 Å². The predicted molar refractivity (Wildman–Crippen MR) is 145 cm³/mol. The van der Waals surface area contributed by atoms with Crippen LogP contribution in [0.4, 0.5) is 5.69 Å². The lowest BCUT2D eigenvalue weighted by atomic mass is 9.53. The Labute approximate surface area is 234 Å². The van der Waals surface area contributed by atoms with Crippen LogP contribution < -0.4 is 20.7 Å². The molecule has 13 heteroatoms. The zero-order valence-electron chi connectivity index (χ0n) is 22.1. The molecule has 3 aliphatic carbocycles. The van der Waals surface area contributed by atoms with Gasteiger partial charge in [0.15, 0.2) is 11.5 Å². The molecular formula is C28H28N8O5. The third-order valence-corrected chi connectivity index (χ3v) is 8.63. The number of nitrogens with one attached hydrogen (secondary N) is 3. The van der Waals surface area contributed by atoms with Crippen LogP contribution in [-0.4, -0.2) is 56.5 Å². The van der Waals surface area contributed by atoms with Crippen LogP contribution in [0.1, 0.15) is 65.1 Å². The van der Waals surface area contributed by atoms with Gasteiger partial charge in [0.25, 0.3) is 11.8 Å². The van der Waals surface area contributed by atoms with E-state index in [-0.39, 0.29) is 35.9 Å². The van der Waals surface area contributed by atoms with Crippen molar-refractivity contribution in [1.82, 2.24) is 25.2 Å². The number of aliphatic carboxylic acids is 1. The largest absolute Gasteiger partial charge is 0.483 e. The van der Waals surface area contributed by atoms with E-state index in [0.717, 1.165) is 24.8 Å². The van der Waals surface area contributed by atoms with E-state index in [1.54, 1.807) is 24.4 Å². The van der Waals surface area contributed by atoms with Gasteiger partial charge in [-0.2, -0.15) is 15.4 Å². The minimum Gasteiger partial charge on any atom is -0.483 e. The molecule has 13 nitrogen and oxygen atoms in total. The summed E-state index contributed by atoms with van der Waals surface area (Å²) in [6.07, 6.45) is 7.41. The highest BCUT2D eigenvalue weighted by atomic mass is 16.5. The van der Waals surface area contributed by atoms with Crippen molar-refractivity contribution in [3.63, 3.8) is 0 Å². The quantitative estimate of drug-likeness (QED) is 0.318. The number of anilines is 1. The second kappa shape index (κ2) is 10.2. The minimum atomic E-state index is -0.713. The Kier molecular flexibility index (Phi) is 6.53. The Bertz CT molecular complexity index is 1610. The van der Waals surface area contributed by atoms with Crippen molar-refractivity contribution < 1.29 is 24.2 Å². The fraction of sp³-hybridized carbons (Fsp3) is 0.393. The Morgan fingerprint density at radius 1 is 1.10 bits per heavy atom. The Morgan fingerprint density at radius 3 is 2.61 bits per heavy atom. The first kappa shape index (κ1) is 26.2. The molecule has 0 radical (unpaired) electrons. The second-order valence-electron chi connectivity index (χ2n) is 11.0. The zero-order chi connectivity index (χ0) is 28.6. The van der Waals surface area contributed by atoms with Crippen molar-refractivity contribution in [3.05, 3.63) is 53.5 Å². The molecule has 3 aromatic rings. The maximum atomic E-state index is 13.3. The Balaban J connectivity index is 1.13.